The topological polar surface area (TPSA) is 69.9 Å². The maximum atomic E-state index is 6.85. The molecule has 0 amide bonds. The van der Waals surface area contributed by atoms with Gasteiger partial charge in [-0.2, -0.15) is 0 Å². The molecule has 0 fully saturated rings. The molecule has 0 aliphatic rings. The molecule has 0 bridgehead atoms. The minimum Gasteiger partial charge on any atom is -0.500 e. The molecule has 96 heavy (non-hydrogen) atoms. The van der Waals surface area contributed by atoms with E-state index in [0.717, 1.165) is 116 Å². The van der Waals surface area contributed by atoms with Crippen molar-refractivity contribution in [2.45, 2.75) is 39.5 Å². The summed E-state index contributed by atoms with van der Waals surface area (Å²) in [6, 6.07) is 106. The number of pyridine rings is 2. The summed E-state index contributed by atoms with van der Waals surface area (Å²) in [5, 5.41) is 6.66. The number of nitrogens with zero attached hydrogens (tertiary/aromatic N) is 4. The molecule has 0 saturated heterocycles. The summed E-state index contributed by atoms with van der Waals surface area (Å²) in [7, 11) is 0. The summed E-state index contributed by atoms with van der Waals surface area (Å²) >= 11 is 0. The molecule has 0 unspecified atom stereocenters. The fourth-order valence-corrected chi connectivity index (χ4v) is 13.6. The number of imidazole rings is 1. The maximum absolute atomic E-state index is 6.85. The smallest absolute Gasteiger partial charge is 0.500 e. The normalized spacial score (nSPS) is 11.4. The van der Waals surface area contributed by atoms with Crippen LogP contribution in [-0.2, 0) is 20.1 Å². The molecule has 17 rings (SSSR count). The molecule has 0 radical (unpaired) electrons. The Hall–Kier alpha value is -11.3. The number of furan rings is 2. The van der Waals surface area contributed by atoms with Crippen molar-refractivity contribution in [3.05, 3.63) is 327 Å². The molecule has 6 nitrogen and oxygen atoms in total. The molecular formula is C89H63IrN4O2. The van der Waals surface area contributed by atoms with Crippen LogP contribution in [-0.4, -0.2) is 19.5 Å². The first-order valence-electron chi connectivity index (χ1n) is 32.4. The average molecular weight is 1410 g/mol. The zero-order valence-electron chi connectivity index (χ0n) is 53.4. The summed E-state index contributed by atoms with van der Waals surface area (Å²) in [6.07, 6.45) is 7.68. The minimum absolute atomic E-state index is 0. The van der Waals surface area contributed by atoms with Gasteiger partial charge in [-0.25, -0.2) is 0 Å². The zero-order valence-corrected chi connectivity index (χ0v) is 55.8. The van der Waals surface area contributed by atoms with Crippen LogP contribution < -0.4 is 0 Å². The Labute approximate surface area is 572 Å². The number of hydrogen-bond acceptors (Lipinski definition) is 5. The summed E-state index contributed by atoms with van der Waals surface area (Å²) in [5.41, 5.74) is 25.8. The molecule has 0 saturated carbocycles. The molecule has 12 aromatic carbocycles. The van der Waals surface area contributed by atoms with Crippen molar-refractivity contribution in [3.63, 3.8) is 0 Å². The second-order valence-corrected chi connectivity index (χ2v) is 24.7. The van der Waals surface area contributed by atoms with Gasteiger partial charge in [-0.1, -0.05) is 209 Å². The van der Waals surface area contributed by atoms with Gasteiger partial charge in [0.1, 0.15) is 16.7 Å². The van der Waals surface area contributed by atoms with Gasteiger partial charge in [-0.15, -0.1) is 89.5 Å². The van der Waals surface area contributed by atoms with E-state index in [9.17, 15) is 0 Å². The largest absolute Gasteiger partial charge is 3.00 e. The van der Waals surface area contributed by atoms with Gasteiger partial charge in [-0.05, 0) is 149 Å². The minimum atomic E-state index is 0. The average Bonchev–Trinajstić information content (AvgIpc) is 1.57. The van der Waals surface area contributed by atoms with E-state index in [2.05, 4.69) is 273 Å². The number of aromatic nitrogens is 4. The molecule has 0 aliphatic heterocycles. The maximum Gasteiger partial charge on any atom is 3.00 e. The second-order valence-electron chi connectivity index (χ2n) is 24.7. The van der Waals surface area contributed by atoms with E-state index in [1.165, 1.54) is 55.6 Å². The predicted octanol–water partition coefficient (Wildman–Crippen LogP) is 23.9. The van der Waals surface area contributed by atoms with Crippen LogP contribution in [0.2, 0.25) is 0 Å². The van der Waals surface area contributed by atoms with E-state index in [0.29, 0.717) is 0 Å². The number of rotatable bonds is 12. The van der Waals surface area contributed by atoms with Crippen LogP contribution in [0.4, 0.5) is 0 Å². The van der Waals surface area contributed by atoms with Crippen molar-refractivity contribution in [3.8, 4) is 106 Å². The first-order valence-corrected chi connectivity index (χ1v) is 32.4. The van der Waals surface area contributed by atoms with Gasteiger partial charge in [0.15, 0.2) is 0 Å². The van der Waals surface area contributed by atoms with Gasteiger partial charge < -0.3 is 23.4 Å². The summed E-state index contributed by atoms with van der Waals surface area (Å²) in [5.74, 6) is 1.32. The third-order valence-electron chi connectivity index (χ3n) is 18.2. The number of fused-ring (bicyclic) bond motifs is 8. The summed E-state index contributed by atoms with van der Waals surface area (Å²) in [4.78, 5) is 14.2. The molecule has 460 valence electrons. The van der Waals surface area contributed by atoms with E-state index < -0.39 is 0 Å². The number of para-hydroxylation sites is 1. The Morgan fingerprint density at radius 1 is 0.344 bits per heavy atom. The molecule has 5 heterocycles. The van der Waals surface area contributed by atoms with E-state index in [-0.39, 0.29) is 31.9 Å². The van der Waals surface area contributed by atoms with Crippen LogP contribution >= 0.6 is 0 Å². The Morgan fingerprint density at radius 3 is 1.65 bits per heavy atom. The van der Waals surface area contributed by atoms with Crippen molar-refractivity contribution < 1.29 is 28.9 Å². The quantitative estimate of drug-likeness (QED) is 0.114. The molecule has 7 heteroatoms. The molecule has 0 aliphatic carbocycles. The fourth-order valence-electron chi connectivity index (χ4n) is 13.6. The Bertz CT molecular complexity index is 5510. The van der Waals surface area contributed by atoms with Crippen LogP contribution in [0, 0.1) is 18.2 Å². The van der Waals surface area contributed by atoms with Gasteiger partial charge in [0.05, 0.1) is 11.4 Å². The molecule has 0 spiro atoms. The van der Waals surface area contributed by atoms with Gasteiger partial charge >= 0.3 is 20.1 Å². The van der Waals surface area contributed by atoms with Crippen LogP contribution in [0.5, 0.6) is 0 Å². The van der Waals surface area contributed by atoms with Crippen LogP contribution in [0.25, 0.3) is 161 Å². The zero-order chi connectivity index (χ0) is 63.9. The van der Waals surface area contributed by atoms with E-state index in [1.54, 1.807) is 0 Å². The molecule has 0 atom stereocenters. The van der Waals surface area contributed by atoms with Crippen molar-refractivity contribution in [2.24, 2.45) is 0 Å². The van der Waals surface area contributed by atoms with E-state index in [1.807, 2.05) is 85.3 Å². The van der Waals surface area contributed by atoms with Crippen molar-refractivity contribution in [2.75, 3.05) is 0 Å². The van der Waals surface area contributed by atoms with E-state index >= 15 is 0 Å². The van der Waals surface area contributed by atoms with E-state index in [4.69, 9.17) is 13.8 Å². The summed E-state index contributed by atoms with van der Waals surface area (Å²) < 4.78 is 15.4. The van der Waals surface area contributed by atoms with Gasteiger partial charge in [0.2, 0.25) is 0 Å². The third kappa shape index (κ3) is 11.4. The first kappa shape index (κ1) is 60.9. The van der Waals surface area contributed by atoms with Crippen LogP contribution in [0.15, 0.2) is 307 Å². The fraction of sp³-hybridized carbons (Fsp3) is 0.0674. The van der Waals surface area contributed by atoms with Gasteiger partial charge in [-0.3, -0.25) is 4.98 Å². The third-order valence-corrected chi connectivity index (χ3v) is 18.2. The molecular weight excluding hydrogens is 1350 g/mol. The van der Waals surface area contributed by atoms with Crippen molar-refractivity contribution in [1.29, 1.82) is 0 Å². The number of benzene rings is 12. The standard InChI is InChI=1S/C49H37N2O2.C40H26N2.Ir/c1-29(2)42-26-35(33-18-21-38-37-13-8-9-16-44(37)52-45(38)28-33)27-43(30(3)4)46(42)51-24-23-50-49(51)41-15-10-14-39-40-22-19-34-25-32(31-11-6-5-7-12-31)17-20-36(34)47(40)53-48(39)41;1-2-13-29(14-3-1)40-28-31(24-26-42-40)34-18-5-7-20-36(34)38-22-9-8-21-37(38)35-19-6-4-17-33(35)30-15-12-16-32(27-30)39-23-10-11-25-41-39;/h5-14,16-30H,1-4H3;1-13,15,17-28H;/q-1;-2;+3. The summed E-state index contributed by atoms with van der Waals surface area (Å²) in [6.45, 7) is 9.08. The predicted molar refractivity (Wildman–Crippen MR) is 391 cm³/mol. The van der Waals surface area contributed by atoms with Crippen molar-refractivity contribution in [1.82, 2.24) is 19.5 Å². The molecule has 0 N–H and O–H groups in total. The van der Waals surface area contributed by atoms with Crippen molar-refractivity contribution >= 4 is 54.6 Å². The SMILES string of the molecule is CC(C)c1cc(-c2ccc3c(c2)oc2ccccc23)cc(C(C)C)c1-n1ccnc1-c1[c-]ccc2c1oc1c3ccc(-c4ccccc4)cc3ccc21.[Ir+3].[c-]1ccccc1-c1cc(-c2ccccc2-c2ccccc2-c2ccccc2-c2cc[c-]c(-c3ccccn3)c2)ccn1. The second kappa shape index (κ2) is 26.2. The Kier molecular flexibility index (Phi) is 16.6. The first-order chi connectivity index (χ1) is 46.8. The molecule has 5 aromatic heterocycles. The Morgan fingerprint density at radius 2 is 0.938 bits per heavy atom. The van der Waals surface area contributed by atoms with Crippen LogP contribution in [0.1, 0.15) is 50.7 Å². The van der Waals surface area contributed by atoms with Crippen LogP contribution in [0.3, 0.4) is 0 Å². The number of hydrogen-bond donors (Lipinski definition) is 0. The monoisotopic (exact) mass is 1410 g/mol. The molecule has 17 aromatic rings. The van der Waals surface area contributed by atoms with Gasteiger partial charge in [0, 0.05) is 52.0 Å². The van der Waals surface area contributed by atoms with Gasteiger partial charge in [0.25, 0.3) is 0 Å². The Balaban J connectivity index is 0.000000160.